The highest BCUT2D eigenvalue weighted by molar-refractivity contribution is 7.89. The highest BCUT2D eigenvalue weighted by Gasteiger charge is 2.30. The molecule has 0 saturated carbocycles. The Hall–Kier alpha value is -0.910. The molecule has 0 bridgehead atoms. The minimum Gasteiger partial charge on any atom is -0.329 e. The summed E-state index contributed by atoms with van der Waals surface area (Å²) < 4.78 is 27.8. The van der Waals surface area contributed by atoms with Crippen LogP contribution in [-0.4, -0.2) is 20.5 Å². The molecule has 0 radical (unpaired) electrons. The topological polar surface area (TPSA) is 72.2 Å². The second-order valence-corrected chi connectivity index (χ2v) is 7.97. The fourth-order valence-corrected chi connectivity index (χ4v) is 4.15. The van der Waals surface area contributed by atoms with Gasteiger partial charge in [0.25, 0.3) is 0 Å². The molecule has 3 N–H and O–H groups in total. The van der Waals surface area contributed by atoms with Crippen LogP contribution >= 0.6 is 0 Å². The van der Waals surface area contributed by atoms with E-state index in [1.165, 1.54) is 0 Å². The second kappa shape index (κ2) is 6.24. The summed E-state index contributed by atoms with van der Waals surface area (Å²) in [4.78, 5) is 0.304. The standard InChI is InChI=1S/C15H26N2O2S/c1-11(2)9-15(5,10-16)17-20(18,19)14-7-12(3)6-13(4)8-14/h6-8,11,17H,9-10,16H2,1-5H3. The van der Waals surface area contributed by atoms with Gasteiger partial charge >= 0.3 is 0 Å². The number of benzene rings is 1. The van der Waals surface area contributed by atoms with Crippen molar-refractivity contribution < 1.29 is 8.42 Å². The van der Waals surface area contributed by atoms with Crippen LogP contribution in [0.15, 0.2) is 23.1 Å². The zero-order valence-electron chi connectivity index (χ0n) is 13.0. The van der Waals surface area contributed by atoms with Gasteiger partial charge in [-0.25, -0.2) is 13.1 Å². The Morgan fingerprint density at radius 1 is 1.20 bits per heavy atom. The van der Waals surface area contributed by atoms with Crippen LogP contribution in [0.25, 0.3) is 0 Å². The SMILES string of the molecule is Cc1cc(C)cc(S(=O)(=O)NC(C)(CN)CC(C)C)c1. The van der Waals surface area contributed by atoms with Crippen molar-refractivity contribution in [1.29, 1.82) is 0 Å². The third-order valence-electron chi connectivity index (χ3n) is 3.20. The van der Waals surface area contributed by atoms with Crippen molar-refractivity contribution in [2.75, 3.05) is 6.54 Å². The average Bonchev–Trinajstić information content (AvgIpc) is 2.25. The number of nitrogens with two attached hydrogens (primary N) is 1. The monoisotopic (exact) mass is 298 g/mol. The summed E-state index contributed by atoms with van der Waals surface area (Å²) in [6.07, 6.45) is 0.702. The maximum absolute atomic E-state index is 12.5. The summed E-state index contributed by atoms with van der Waals surface area (Å²) in [6.45, 7) is 10.0. The quantitative estimate of drug-likeness (QED) is 0.846. The zero-order valence-corrected chi connectivity index (χ0v) is 13.8. The molecule has 0 amide bonds. The lowest BCUT2D eigenvalue weighted by Crippen LogP contribution is -2.52. The van der Waals surface area contributed by atoms with Crippen LogP contribution in [0, 0.1) is 19.8 Å². The van der Waals surface area contributed by atoms with E-state index < -0.39 is 15.6 Å². The predicted molar refractivity (Wildman–Crippen MR) is 83.2 cm³/mol. The summed E-state index contributed by atoms with van der Waals surface area (Å²) in [5.41, 5.74) is 7.02. The highest BCUT2D eigenvalue weighted by Crippen LogP contribution is 2.20. The molecular formula is C15H26N2O2S. The molecule has 1 aromatic rings. The first-order valence-corrected chi connectivity index (χ1v) is 8.39. The van der Waals surface area contributed by atoms with Crippen molar-refractivity contribution in [2.24, 2.45) is 11.7 Å². The van der Waals surface area contributed by atoms with Crippen LogP contribution < -0.4 is 10.5 Å². The van der Waals surface area contributed by atoms with Crippen LogP contribution in [0.1, 0.15) is 38.3 Å². The first-order valence-electron chi connectivity index (χ1n) is 6.90. The van der Waals surface area contributed by atoms with Gasteiger partial charge in [0.15, 0.2) is 0 Å². The second-order valence-electron chi connectivity index (χ2n) is 6.29. The van der Waals surface area contributed by atoms with Gasteiger partial charge < -0.3 is 5.73 Å². The minimum atomic E-state index is -3.55. The van der Waals surface area contributed by atoms with Crippen molar-refractivity contribution in [2.45, 2.75) is 51.5 Å². The zero-order chi connectivity index (χ0) is 15.6. The Labute approximate surface area is 122 Å². The average molecular weight is 298 g/mol. The van der Waals surface area contributed by atoms with Gasteiger partial charge in [0.05, 0.1) is 4.90 Å². The maximum Gasteiger partial charge on any atom is 0.241 e. The number of hydrogen-bond acceptors (Lipinski definition) is 3. The Kier molecular flexibility index (Phi) is 5.35. The molecule has 1 unspecified atom stereocenters. The summed E-state index contributed by atoms with van der Waals surface area (Å²) in [7, 11) is -3.55. The van der Waals surface area contributed by atoms with Crippen LogP contribution in [0.3, 0.4) is 0 Å². The minimum absolute atomic E-state index is 0.273. The van der Waals surface area contributed by atoms with Gasteiger partial charge in [0.2, 0.25) is 10.0 Å². The number of aryl methyl sites for hydroxylation is 2. The van der Waals surface area contributed by atoms with Crippen LogP contribution in [0.4, 0.5) is 0 Å². The lowest BCUT2D eigenvalue weighted by molar-refractivity contribution is 0.344. The third-order valence-corrected chi connectivity index (χ3v) is 4.81. The highest BCUT2D eigenvalue weighted by atomic mass is 32.2. The Morgan fingerprint density at radius 2 is 1.70 bits per heavy atom. The van der Waals surface area contributed by atoms with Gasteiger partial charge in [-0.1, -0.05) is 19.9 Å². The molecular weight excluding hydrogens is 272 g/mol. The van der Waals surface area contributed by atoms with Gasteiger partial charge in [0, 0.05) is 12.1 Å². The number of nitrogens with one attached hydrogen (secondary N) is 1. The molecule has 114 valence electrons. The molecule has 0 aliphatic rings. The fourth-order valence-electron chi connectivity index (χ4n) is 2.54. The number of hydrogen-bond donors (Lipinski definition) is 2. The molecule has 1 aromatic carbocycles. The molecule has 0 aliphatic carbocycles. The molecule has 4 nitrogen and oxygen atoms in total. The van der Waals surface area contributed by atoms with E-state index in [9.17, 15) is 8.42 Å². The summed E-state index contributed by atoms with van der Waals surface area (Å²) >= 11 is 0. The van der Waals surface area contributed by atoms with Gasteiger partial charge in [-0.15, -0.1) is 0 Å². The Balaban J connectivity index is 3.10. The normalized spacial score (nSPS) is 15.3. The van der Waals surface area contributed by atoms with Crippen molar-refractivity contribution in [3.63, 3.8) is 0 Å². The third kappa shape index (κ3) is 4.58. The van der Waals surface area contributed by atoms with E-state index >= 15 is 0 Å². The van der Waals surface area contributed by atoms with Crippen LogP contribution in [0.2, 0.25) is 0 Å². The largest absolute Gasteiger partial charge is 0.329 e. The summed E-state index contributed by atoms with van der Waals surface area (Å²) in [5.74, 6) is 0.366. The molecule has 0 saturated heterocycles. The molecule has 0 fully saturated rings. The van der Waals surface area contributed by atoms with Crippen molar-refractivity contribution in [3.05, 3.63) is 29.3 Å². The first kappa shape index (κ1) is 17.1. The molecule has 0 heterocycles. The van der Waals surface area contributed by atoms with Gasteiger partial charge in [-0.05, 0) is 56.4 Å². The molecule has 0 spiro atoms. The van der Waals surface area contributed by atoms with E-state index in [1.54, 1.807) is 12.1 Å². The fraction of sp³-hybridized carbons (Fsp3) is 0.600. The van der Waals surface area contributed by atoms with E-state index in [0.717, 1.165) is 11.1 Å². The molecule has 0 aliphatic heterocycles. The van der Waals surface area contributed by atoms with E-state index in [-0.39, 0.29) is 6.54 Å². The van der Waals surface area contributed by atoms with E-state index in [4.69, 9.17) is 5.73 Å². The lowest BCUT2D eigenvalue weighted by Gasteiger charge is -2.30. The summed E-state index contributed by atoms with van der Waals surface area (Å²) in [5, 5.41) is 0. The lowest BCUT2D eigenvalue weighted by atomic mass is 9.92. The first-order chi connectivity index (χ1) is 9.08. The summed E-state index contributed by atoms with van der Waals surface area (Å²) in [6, 6.07) is 5.32. The molecule has 1 rings (SSSR count). The smallest absolute Gasteiger partial charge is 0.241 e. The van der Waals surface area contributed by atoms with E-state index in [1.807, 2.05) is 26.8 Å². The molecule has 0 aromatic heterocycles. The molecule has 20 heavy (non-hydrogen) atoms. The van der Waals surface area contributed by atoms with E-state index in [0.29, 0.717) is 17.2 Å². The van der Waals surface area contributed by atoms with Gasteiger partial charge in [0.1, 0.15) is 0 Å². The molecule has 1 atom stereocenters. The van der Waals surface area contributed by atoms with Crippen LogP contribution in [0.5, 0.6) is 0 Å². The Morgan fingerprint density at radius 3 is 2.10 bits per heavy atom. The predicted octanol–water partition coefficient (Wildman–Crippen LogP) is 2.35. The van der Waals surface area contributed by atoms with Crippen molar-refractivity contribution >= 4 is 10.0 Å². The van der Waals surface area contributed by atoms with Crippen LogP contribution in [-0.2, 0) is 10.0 Å². The maximum atomic E-state index is 12.5. The number of rotatable bonds is 6. The van der Waals surface area contributed by atoms with Gasteiger partial charge in [-0.2, -0.15) is 0 Å². The molecule has 5 heteroatoms. The van der Waals surface area contributed by atoms with E-state index in [2.05, 4.69) is 18.6 Å². The van der Waals surface area contributed by atoms with Gasteiger partial charge in [-0.3, -0.25) is 0 Å². The van der Waals surface area contributed by atoms with Crippen molar-refractivity contribution in [3.8, 4) is 0 Å². The number of sulfonamides is 1. The Bertz CT molecular complexity index is 547. The van der Waals surface area contributed by atoms with Crippen molar-refractivity contribution in [1.82, 2.24) is 4.72 Å².